The molecule has 0 aliphatic carbocycles. The predicted molar refractivity (Wildman–Crippen MR) is 188 cm³/mol. The van der Waals surface area contributed by atoms with Crippen molar-refractivity contribution in [2.45, 2.75) is 35.7 Å². The van der Waals surface area contributed by atoms with Crippen LogP contribution in [0.1, 0.15) is 38.8 Å². The standard InChI is InChI=1S/C39H36N2O8S/c1-25-22-41(37(44)40-34(25)48-36(43)26-10-6-4-7-11-26)35-32-33(42)38(49-35,23-47-32)24-50-39(27-12-8-5-9-13-27,28-14-18-30(45-2)19-15-28)29-16-20-31(46-3)21-17-29/h4-22,32-33,35,42H,23-24H2,1-3H3/t32?,33?,35?,38-/m0/s1. The highest BCUT2D eigenvalue weighted by molar-refractivity contribution is 8.00. The molecule has 0 amide bonds. The molecule has 0 radical (unpaired) electrons. The minimum atomic E-state index is -1.15. The lowest BCUT2D eigenvalue weighted by atomic mass is 9.84. The van der Waals surface area contributed by atoms with Crippen LogP contribution < -0.4 is 19.9 Å². The number of benzene rings is 4. The Morgan fingerprint density at radius 1 is 0.900 bits per heavy atom. The van der Waals surface area contributed by atoms with E-state index >= 15 is 0 Å². The van der Waals surface area contributed by atoms with Gasteiger partial charge in [0, 0.05) is 17.5 Å². The van der Waals surface area contributed by atoms with Gasteiger partial charge in [0.15, 0.2) is 6.23 Å². The Bertz CT molecular complexity index is 1970. The molecule has 0 spiro atoms. The molecule has 0 saturated carbocycles. The summed E-state index contributed by atoms with van der Waals surface area (Å²) in [5.74, 6) is 1.05. The average molecular weight is 693 g/mol. The molecule has 2 fully saturated rings. The number of carbonyl (C=O) groups is 1. The summed E-state index contributed by atoms with van der Waals surface area (Å²) in [6.45, 7) is 1.82. The summed E-state index contributed by atoms with van der Waals surface area (Å²) in [4.78, 5) is 30.1. The third-order valence-corrected chi connectivity index (χ3v) is 11.0. The quantitative estimate of drug-likeness (QED) is 0.140. The highest BCUT2D eigenvalue weighted by Gasteiger charge is 2.62. The van der Waals surface area contributed by atoms with Crippen molar-refractivity contribution in [3.05, 3.63) is 154 Å². The number of aliphatic hydroxyl groups is 1. The number of methoxy groups -OCH3 is 2. The molecule has 2 bridgehead atoms. The summed E-state index contributed by atoms with van der Waals surface area (Å²) >= 11 is 1.61. The SMILES string of the molecule is COc1ccc(C(SC[C@]23COC(C(n4cc(C)c(OC(=O)c5ccccc5)nc4=O)O2)C3O)(c2ccccc2)c2ccc(OC)cc2)cc1. The first-order chi connectivity index (χ1) is 24.3. The molecule has 1 N–H and O–H groups in total. The summed E-state index contributed by atoms with van der Waals surface area (Å²) in [6, 6.07) is 34.5. The van der Waals surface area contributed by atoms with Gasteiger partial charge in [-0.3, -0.25) is 4.57 Å². The number of aryl methyl sites for hydroxylation is 1. The zero-order valence-electron chi connectivity index (χ0n) is 27.7. The predicted octanol–water partition coefficient (Wildman–Crippen LogP) is 5.54. The number of carbonyl (C=O) groups excluding carboxylic acids is 1. The Morgan fingerprint density at radius 3 is 2.04 bits per heavy atom. The van der Waals surface area contributed by atoms with Gasteiger partial charge in [0.1, 0.15) is 29.3 Å². The number of hydrogen-bond acceptors (Lipinski definition) is 10. The van der Waals surface area contributed by atoms with Gasteiger partial charge in [-0.05, 0) is 60.0 Å². The van der Waals surface area contributed by atoms with Gasteiger partial charge in [0.05, 0.1) is 31.1 Å². The minimum absolute atomic E-state index is 0.0957. The van der Waals surface area contributed by atoms with E-state index in [0.29, 0.717) is 16.9 Å². The van der Waals surface area contributed by atoms with Gasteiger partial charge >= 0.3 is 11.7 Å². The van der Waals surface area contributed by atoms with Gasteiger partial charge in [-0.25, -0.2) is 9.59 Å². The molecule has 3 heterocycles. The number of aromatic nitrogens is 2. The van der Waals surface area contributed by atoms with Crippen LogP contribution >= 0.6 is 11.8 Å². The Balaban J connectivity index is 1.22. The maximum atomic E-state index is 13.4. The molecule has 2 aliphatic rings. The molecule has 50 heavy (non-hydrogen) atoms. The smallest absolute Gasteiger partial charge is 0.353 e. The fourth-order valence-corrected chi connectivity index (χ4v) is 8.29. The molecule has 1 aromatic heterocycles. The third kappa shape index (κ3) is 5.96. The number of fused-ring (bicyclic) bond motifs is 2. The number of nitrogens with zero attached hydrogens (tertiary/aromatic N) is 2. The van der Waals surface area contributed by atoms with Gasteiger partial charge < -0.3 is 28.8 Å². The first-order valence-electron chi connectivity index (χ1n) is 16.1. The lowest BCUT2D eigenvalue weighted by molar-refractivity contribution is -0.165. The summed E-state index contributed by atoms with van der Waals surface area (Å²) in [6.07, 6.45) is -1.29. The molecular weight excluding hydrogens is 657 g/mol. The number of ether oxygens (including phenoxy) is 5. The van der Waals surface area contributed by atoms with E-state index in [1.165, 1.54) is 10.8 Å². The van der Waals surface area contributed by atoms with Crippen molar-refractivity contribution in [1.82, 2.24) is 9.55 Å². The second-order valence-electron chi connectivity index (χ2n) is 12.3. The fourth-order valence-electron chi connectivity index (χ4n) is 6.60. The topological polar surface area (TPSA) is 118 Å². The molecule has 7 rings (SSSR count). The van der Waals surface area contributed by atoms with Gasteiger partial charge in [0.2, 0.25) is 5.88 Å². The van der Waals surface area contributed by atoms with Crippen LogP contribution in [0.2, 0.25) is 0 Å². The Labute approximate surface area is 293 Å². The zero-order valence-corrected chi connectivity index (χ0v) is 28.5. The maximum Gasteiger partial charge on any atom is 0.353 e. The summed E-state index contributed by atoms with van der Waals surface area (Å²) < 4.78 is 29.7. The lowest BCUT2D eigenvalue weighted by Crippen LogP contribution is -2.45. The number of esters is 1. The third-order valence-electron chi connectivity index (χ3n) is 9.27. The largest absolute Gasteiger partial charge is 0.497 e. The first-order valence-corrected chi connectivity index (χ1v) is 17.1. The monoisotopic (exact) mass is 692 g/mol. The molecule has 4 aromatic carbocycles. The van der Waals surface area contributed by atoms with Gasteiger partial charge in [-0.15, -0.1) is 11.8 Å². The van der Waals surface area contributed by atoms with E-state index in [1.54, 1.807) is 63.2 Å². The molecule has 4 atom stereocenters. The molecule has 3 unspecified atom stereocenters. The first kappa shape index (κ1) is 33.6. The van der Waals surface area contributed by atoms with E-state index in [0.717, 1.165) is 28.2 Å². The summed E-state index contributed by atoms with van der Waals surface area (Å²) in [5, 5.41) is 11.7. The Kier molecular flexibility index (Phi) is 9.23. The van der Waals surface area contributed by atoms with Gasteiger partial charge in [-0.2, -0.15) is 4.98 Å². The van der Waals surface area contributed by atoms with Crippen molar-refractivity contribution in [3.63, 3.8) is 0 Å². The normalized spacial score (nSPS) is 21.2. The van der Waals surface area contributed by atoms with Crippen LogP contribution in [-0.2, 0) is 14.2 Å². The van der Waals surface area contributed by atoms with Gasteiger partial charge in [-0.1, -0.05) is 72.8 Å². The Morgan fingerprint density at radius 2 is 1.46 bits per heavy atom. The van der Waals surface area contributed by atoms with Crippen LogP contribution in [0.15, 0.2) is 120 Å². The number of thioether (sulfide) groups is 1. The molecule has 2 aliphatic heterocycles. The van der Waals surface area contributed by atoms with Crippen molar-refractivity contribution in [1.29, 1.82) is 0 Å². The summed E-state index contributed by atoms with van der Waals surface area (Å²) in [7, 11) is 3.27. The molecule has 256 valence electrons. The second kappa shape index (κ2) is 13.8. The van der Waals surface area contributed by atoms with Crippen molar-refractivity contribution >= 4 is 17.7 Å². The number of hydrogen-bond donors (Lipinski definition) is 1. The molecular formula is C39H36N2O8S. The summed E-state index contributed by atoms with van der Waals surface area (Å²) in [5.41, 5.74) is 1.94. The van der Waals surface area contributed by atoms with E-state index in [4.69, 9.17) is 23.7 Å². The van der Waals surface area contributed by atoms with E-state index in [-0.39, 0.29) is 12.5 Å². The van der Waals surface area contributed by atoms with Crippen LogP contribution in [0.3, 0.4) is 0 Å². The van der Waals surface area contributed by atoms with Crippen molar-refractivity contribution in [2.75, 3.05) is 26.6 Å². The number of rotatable bonds is 11. The maximum absolute atomic E-state index is 13.4. The zero-order chi connectivity index (χ0) is 34.9. The van der Waals surface area contributed by atoms with Crippen LogP contribution in [0.5, 0.6) is 17.4 Å². The molecule has 10 nitrogen and oxygen atoms in total. The second-order valence-corrected chi connectivity index (χ2v) is 13.5. The fraction of sp³-hybridized carbons (Fsp3) is 0.256. The van der Waals surface area contributed by atoms with Crippen LogP contribution in [-0.4, -0.2) is 65.0 Å². The van der Waals surface area contributed by atoms with Crippen LogP contribution in [0.25, 0.3) is 0 Å². The van der Waals surface area contributed by atoms with Gasteiger partial charge in [0.25, 0.3) is 0 Å². The van der Waals surface area contributed by atoms with E-state index < -0.39 is 40.4 Å². The van der Waals surface area contributed by atoms with E-state index in [9.17, 15) is 14.7 Å². The van der Waals surface area contributed by atoms with Crippen LogP contribution in [0.4, 0.5) is 0 Å². The molecule has 11 heteroatoms. The highest BCUT2D eigenvalue weighted by Crippen LogP contribution is 2.54. The molecule has 2 saturated heterocycles. The van der Waals surface area contributed by atoms with Crippen molar-refractivity contribution in [3.8, 4) is 17.4 Å². The van der Waals surface area contributed by atoms with Crippen molar-refractivity contribution < 1.29 is 33.6 Å². The average Bonchev–Trinajstić information content (AvgIpc) is 3.62. The lowest BCUT2D eigenvalue weighted by Gasteiger charge is -2.39. The van der Waals surface area contributed by atoms with E-state index in [1.807, 2.05) is 66.7 Å². The molecule has 5 aromatic rings. The van der Waals surface area contributed by atoms with E-state index in [2.05, 4.69) is 17.1 Å². The van der Waals surface area contributed by atoms with Crippen LogP contribution in [0, 0.1) is 6.92 Å². The van der Waals surface area contributed by atoms with Crippen molar-refractivity contribution in [2.24, 2.45) is 0 Å². The Hall–Kier alpha value is -4.94. The minimum Gasteiger partial charge on any atom is -0.497 e. The number of aliphatic hydroxyl groups excluding tert-OH is 1. The highest BCUT2D eigenvalue weighted by atomic mass is 32.2.